The van der Waals surface area contributed by atoms with Gasteiger partial charge in [-0.15, -0.1) is 0 Å². The van der Waals surface area contributed by atoms with E-state index < -0.39 is 6.23 Å². The van der Waals surface area contributed by atoms with Crippen LogP contribution in [0, 0.1) is 0 Å². The van der Waals surface area contributed by atoms with E-state index in [-0.39, 0.29) is 6.10 Å². The number of carbonyl (C=O) groups excluding carboxylic acids is 1. The minimum absolute atomic E-state index is 0.205. The fraction of sp³-hybridized carbons (Fsp3) is 0.833. The molecule has 2 atom stereocenters. The van der Waals surface area contributed by atoms with E-state index in [9.17, 15) is 4.79 Å². The highest BCUT2D eigenvalue weighted by molar-refractivity contribution is 5.56. The van der Waals surface area contributed by atoms with Crippen LogP contribution in [-0.2, 0) is 9.53 Å². The lowest BCUT2D eigenvalue weighted by atomic mass is 10.3. The second-order valence-corrected chi connectivity index (χ2v) is 2.07. The molecule has 1 radical (unpaired) electrons. The molecule has 1 N–H and O–H groups in total. The summed E-state index contributed by atoms with van der Waals surface area (Å²) in [6.07, 6.45) is 2.42. The minimum atomic E-state index is -0.477. The molecule has 51 valence electrons. The molecule has 1 aliphatic rings. The molecule has 0 aromatic heterocycles. The molecule has 0 aliphatic carbocycles. The molecule has 0 saturated carbocycles. The van der Waals surface area contributed by atoms with E-state index in [1.807, 2.05) is 6.92 Å². The summed E-state index contributed by atoms with van der Waals surface area (Å²) in [7, 11) is 0. The van der Waals surface area contributed by atoms with Crippen LogP contribution in [0.15, 0.2) is 0 Å². The Kier molecular flexibility index (Phi) is 2.19. The van der Waals surface area contributed by atoms with Gasteiger partial charge in [-0.1, -0.05) is 6.92 Å². The Balaban J connectivity index is 2.28. The van der Waals surface area contributed by atoms with E-state index in [1.54, 1.807) is 6.29 Å². The number of ether oxygens (including phenoxy) is 1. The minimum Gasteiger partial charge on any atom is -0.351 e. The van der Waals surface area contributed by atoms with Crippen molar-refractivity contribution in [1.29, 1.82) is 0 Å². The second kappa shape index (κ2) is 2.94. The van der Waals surface area contributed by atoms with Gasteiger partial charge >= 0.3 is 0 Å². The maximum atomic E-state index is 9.96. The lowest BCUT2D eigenvalue weighted by Gasteiger charge is -2.02. The molecule has 3 heteroatoms. The van der Waals surface area contributed by atoms with Gasteiger partial charge in [0.25, 0.3) is 0 Å². The topological polar surface area (TPSA) is 38.3 Å². The molecule has 0 aromatic carbocycles. The standard InChI is InChI=1S/C6H10NO2/c1-2-5-3-7-6(4-8)9-5/h5-7H,2-3H2,1H3. The predicted octanol–water partition coefficient (Wildman–Crippen LogP) is -0.179. The van der Waals surface area contributed by atoms with Crippen molar-refractivity contribution in [3.63, 3.8) is 0 Å². The Bertz CT molecular complexity index is 105. The summed E-state index contributed by atoms with van der Waals surface area (Å²) in [6.45, 7) is 2.80. The van der Waals surface area contributed by atoms with Crippen molar-refractivity contribution >= 4 is 6.29 Å². The summed E-state index contributed by atoms with van der Waals surface area (Å²) in [4.78, 5) is 9.96. The SMILES string of the molecule is CCC1CNC([C]=O)O1. The molecule has 3 nitrogen and oxygen atoms in total. The molecule has 1 fully saturated rings. The van der Waals surface area contributed by atoms with Crippen molar-refractivity contribution in [3.8, 4) is 0 Å². The van der Waals surface area contributed by atoms with Crippen LogP contribution in [0.1, 0.15) is 13.3 Å². The summed E-state index contributed by atoms with van der Waals surface area (Å²) in [5.41, 5.74) is 0. The average Bonchev–Trinajstić information content (AvgIpc) is 2.34. The summed E-state index contributed by atoms with van der Waals surface area (Å²) < 4.78 is 5.12. The predicted molar refractivity (Wildman–Crippen MR) is 32.6 cm³/mol. The van der Waals surface area contributed by atoms with Gasteiger partial charge in [-0.05, 0) is 6.42 Å². The van der Waals surface area contributed by atoms with Gasteiger partial charge in [-0.2, -0.15) is 0 Å². The molecule has 1 heterocycles. The third-order valence-corrected chi connectivity index (χ3v) is 1.42. The van der Waals surface area contributed by atoms with E-state index >= 15 is 0 Å². The molecule has 1 saturated heterocycles. The largest absolute Gasteiger partial charge is 0.351 e. The molecule has 0 bridgehead atoms. The van der Waals surface area contributed by atoms with Crippen LogP contribution in [0.5, 0.6) is 0 Å². The number of hydrogen-bond acceptors (Lipinski definition) is 3. The monoisotopic (exact) mass is 128 g/mol. The maximum absolute atomic E-state index is 9.96. The van der Waals surface area contributed by atoms with Crippen LogP contribution in [-0.4, -0.2) is 25.2 Å². The zero-order valence-electron chi connectivity index (χ0n) is 5.39. The van der Waals surface area contributed by atoms with Gasteiger partial charge in [0.05, 0.1) is 6.10 Å². The van der Waals surface area contributed by atoms with Crippen molar-refractivity contribution in [1.82, 2.24) is 5.32 Å². The van der Waals surface area contributed by atoms with Gasteiger partial charge < -0.3 is 4.74 Å². The molecule has 1 rings (SSSR count). The Morgan fingerprint density at radius 2 is 2.67 bits per heavy atom. The van der Waals surface area contributed by atoms with Crippen LogP contribution in [0.2, 0.25) is 0 Å². The first-order valence-electron chi connectivity index (χ1n) is 3.13. The summed E-state index contributed by atoms with van der Waals surface area (Å²) in [5, 5.41) is 2.86. The van der Waals surface area contributed by atoms with E-state index in [1.165, 1.54) is 0 Å². The summed E-state index contributed by atoms with van der Waals surface area (Å²) >= 11 is 0. The average molecular weight is 128 g/mol. The molecular formula is C6H10NO2. The Labute approximate surface area is 54.4 Å². The molecule has 0 amide bonds. The van der Waals surface area contributed by atoms with E-state index in [2.05, 4.69) is 5.32 Å². The van der Waals surface area contributed by atoms with Crippen LogP contribution < -0.4 is 5.32 Å². The third-order valence-electron chi connectivity index (χ3n) is 1.42. The normalized spacial score (nSPS) is 34.8. The highest BCUT2D eigenvalue weighted by Crippen LogP contribution is 2.05. The van der Waals surface area contributed by atoms with Crippen LogP contribution in [0.25, 0.3) is 0 Å². The highest BCUT2D eigenvalue weighted by atomic mass is 16.5. The zero-order valence-corrected chi connectivity index (χ0v) is 5.39. The molecule has 0 aromatic rings. The van der Waals surface area contributed by atoms with Crippen molar-refractivity contribution in [2.45, 2.75) is 25.7 Å². The van der Waals surface area contributed by atoms with Crippen molar-refractivity contribution < 1.29 is 9.53 Å². The second-order valence-electron chi connectivity index (χ2n) is 2.07. The first-order valence-corrected chi connectivity index (χ1v) is 3.13. The Morgan fingerprint density at radius 1 is 1.89 bits per heavy atom. The summed E-state index contributed by atoms with van der Waals surface area (Å²) in [5.74, 6) is 0. The summed E-state index contributed by atoms with van der Waals surface area (Å²) in [6, 6.07) is 0. The Hall–Kier alpha value is -0.410. The van der Waals surface area contributed by atoms with Crippen LogP contribution in [0.3, 0.4) is 0 Å². The van der Waals surface area contributed by atoms with Gasteiger partial charge in [-0.3, -0.25) is 10.1 Å². The number of nitrogens with one attached hydrogen (secondary N) is 1. The quantitative estimate of drug-likeness (QED) is 0.560. The van der Waals surface area contributed by atoms with Gasteiger partial charge in [-0.25, -0.2) is 0 Å². The fourth-order valence-corrected chi connectivity index (χ4v) is 0.837. The van der Waals surface area contributed by atoms with Crippen molar-refractivity contribution in [2.75, 3.05) is 6.54 Å². The van der Waals surface area contributed by atoms with E-state index in [0.29, 0.717) is 0 Å². The van der Waals surface area contributed by atoms with E-state index in [0.717, 1.165) is 13.0 Å². The first-order chi connectivity index (χ1) is 4.36. The third kappa shape index (κ3) is 1.50. The molecule has 2 unspecified atom stereocenters. The molecule has 0 spiro atoms. The number of rotatable bonds is 2. The van der Waals surface area contributed by atoms with Crippen LogP contribution >= 0.6 is 0 Å². The highest BCUT2D eigenvalue weighted by Gasteiger charge is 2.22. The van der Waals surface area contributed by atoms with Gasteiger partial charge in [0.1, 0.15) is 0 Å². The van der Waals surface area contributed by atoms with Gasteiger partial charge in [0.15, 0.2) is 6.23 Å². The van der Waals surface area contributed by atoms with Gasteiger partial charge in [0.2, 0.25) is 6.29 Å². The molecule has 9 heavy (non-hydrogen) atoms. The molecule has 1 aliphatic heterocycles. The lowest BCUT2D eigenvalue weighted by molar-refractivity contribution is 0.0767. The molecular weight excluding hydrogens is 118 g/mol. The van der Waals surface area contributed by atoms with E-state index in [4.69, 9.17) is 4.74 Å². The zero-order chi connectivity index (χ0) is 6.69. The fourth-order valence-electron chi connectivity index (χ4n) is 0.837. The Morgan fingerprint density at radius 3 is 3.00 bits per heavy atom. The van der Waals surface area contributed by atoms with Gasteiger partial charge in [0, 0.05) is 6.54 Å². The maximum Gasteiger partial charge on any atom is 0.246 e. The first kappa shape index (κ1) is 6.71. The van der Waals surface area contributed by atoms with Crippen LogP contribution in [0.4, 0.5) is 0 Å². The smallest absolute Gasteiger partial charge is 0.246 e. The van der Waals surface area contributed by atoms with Crippen molar-refractivity contribution in [2.24, 2.45) is 0 Å². The van der Waals surface area contributed by atoms with Crippen molar-refractivity contribution in [3.05, 3.63) is 0 Å². The lowest BCUT2D eigenvalue weighted by Crippen LogP contribution is -2.23. The number of hydrogen-bond donors (Lipinski definition) is 1.